The number of hydrogen-bond donors (Lipinski definition) is 0. The number of benzene rings is 1. The van der Waals surface area contributed by atoms with Gasteiger partial charge in [0.1, 0.15) is 0 Å². The lowest BCUT2D eigenvalue weighted by atomic mass is 10.0. The van der Waals surface area contributed by atoms with Crippen LogP contribution in [0.15, 0.2) is 24.3 Å². The monoisotopic (exact) mass is 242 g/mol. The second kappa shape index (κ2) is 5.75. The molecule has 17 heavy (non-hydrogen) atoms. The van der Waals surface area contributed by atoms with Gasteiger partial charge < -0.3 is 4.74 Å². The van der Waals surface area contributed by atoms with Gasteiger partial charge in [-0.05, 0) is 19.1 Å². The van der Waals surface area contributed by atoms with Gasteiger partial charge >= 0.3 is 5.97 Å². The van der Waals surface area contributed by atoms with Crippen LogP contribution in [-0.4, -0.2) is 12.6 Å². The number of rotatable bonds is 5. The van der Waals surface area contributed by atoms with Crippen LogP contribution in [0, 0.1) is 0 Å². The average molecular weight is 242 g/mol. The molecule has 0 amide bonds. The maximum atomic E-state index is 13.6. The van der Waals surface area contributed by atoms with E-state index in [1.165, 1.54) is 24.3 Å². The molecule has 1 aromatic rings. The Morgan fingerprint density at radius 3 is 2.65 bits per heavy atom. The minimum absolute atomic E-state index is 0.134. The molecule has 0 radical (unpaired) electrons. The molecule has 0 aliphatic heterocycles. The molecule has 0 saturated carbocycles. The van der Waals surface area contributed by atoms with Gasteiger partial charge in [0.2, 0.25) is 0 Å². The van der Waals surface area contributed by atoms with Crippen LogP contribution in [0.5, 0.6) is 0 Å². The summed E-state index contributed by atoms with van der Waals surface area (Å²) in [7, 11) is 0. The fraction of sp³-hybridized carbons (Fsp3) is 0.462. The summed E-state index contributed by atoms with van der Waals surface area (Å²) in [4.78, 5) is 11.4. The SMILES string of the molecule is CCCC(F)(F)c1cccc(C(=O)OCC)c1. The van der Waals surface area contributed by atoms with E-state index in [2.05, 4.69) is 0 Å². The minimum Gasteiger partial charge on any atom is -0.462 e. The van der Waals surface area contributed by atoms with Gasteiger partial charge in [-0.1, -0.05) is 25.5 Å². The van der Waals surface area contributed by atoms with Crippen molar-refractivity contribution in [2.75, 3.05) is 6.61 Å². The van der Waals surface area contributed by atoms with Gasteiger partial charge in [0.05, 0.1) is 12.2 Å². The van der Waals surface area contributed by atoms with Gasteiger partial charge in [-0.3, -0.25) is 0 Å². The number of halogens is 2. The van der Waals surface area contributed by atoms with Crippen LogP contribution in [0.1, 0.15) is 42.6 Å². The molecular weight excluding hydrogens is 226 g/mol. The van der Waals surface area contributed by atoms with Crippen molar-refractivity contribution in [1.82, 2.24) is 0 Å². The Bertz CT molecular complexity index is 389. The van der Waals surface area contributed by atoms with Gasteiger partial charge in [-0.15, -0.1) is 0 Å². The van der Waals surface area contributed by atoms with E-state index in [4.69, 9.17) is 4.74 Å². The number of esters is 1. The summed E-state index contributed by atoms with van der Waals surface area (Å²) in [5, 5.41) is 0. The van der Waals surface area contributed by atoms with Crippen molar-refractivity contribution >= 4 is 5.97 Å². The number of alkyl halides is 2. The fourth-order valence-electron chi connectivity index (χ4n) is 1.55. The third-order valence-corrected chi connectivity index (χ3v) is 2.36. The van der Waals surface area contributed by atoms with Crippen LogP contribution in [0.2, 0.25) is 0 Å². The van der Waals surface area contributed by atoms with Crippen molar-refractivity contribution < 1.29 is 18.3 Å². The van der Waals surface area contributed by atoms with Crippen LogP contribution in [0.3, 0.4) is 0 Å². The Hall–Kier alpha value is -1.45. The van der Waals surface area contributed by atoms with Crippen LogP contribution in [0.25, 0.3) is 0 Å². The van der Waals surface area contributed by atoms with Gasteiger partial charge in [0.25, 0.3) is 5.92 Å². The van der Waals surface area contributed by atoms with E-state index in [0.717, 1.165) is 0 Å². The highest BCUT2D eigenvalue weighted by Gasteiger charge is 2.30. The van der Waals surface area contributed by atoms with Gasteiger partial charge in [-0.25, -0.2) is 13.6 Å². The van der Waals surface area contributed by atoms with Gasteiger partial charge in [0.15, 0.2) is 0 Å². The lowest BCUT2D eigenvalue weighted by Gasteiger charge is -2.16. The molecule has 2 nitrogen and oxygen atoms in total. The highest BCUT2D eigenvalue weighted by Crippen LogP contribution is 2.33. The molecular formula is C13H16F2O2. The summed E-state index contributed by atoms with van der Waals surface area (Å²) in [6, 6.07) is 5.46. The van der Waals surface area contributed by atoms with E-state index in [1.807, 2.05) is 0 Å². The van der Waals surface area contributed by atoms with Crippen molar-refractivity contribution in [3.05, 3.63) is 35.4 Å². The Morgan fingerprint density at radius 1 is 1.35 bits per heavy atom. The quantitative estimate of drug-likeness (QED) is 0.735. The maximum absolute atomic E-state index is 13.6. The fourth-order valence-corrected chi connectivity index (χ4v) is 1.55. The van der Waals surface area contributed by atoms with Crippen LogP contribution in [-0.2, 0) is 10.7 Å². The average Bonchev–Trinajstić information content (AvgIpc) is 2.29. The van der Waals surface area contributed by atoms with Crippen molar-refractivity contribution in [3.63, 3.8) is 0 Å². The molecule has 4 heteroatoms. The number of carbonyl (C=O) groups excluding carboxylic acids is 1. The lowest BCUT2D eigenvalue weighted by Crippen LogP contribution is -2.14. The van der Waals surface area contributed by atoms with E-state index in [9.17, 15) is 13.6 Å². The molecule has 0 aliphatic carbocycles. The zero-order valence-electron chi connectivity index (χ0n) is 10.0. The molecule has 0 spiro atoms. The van der Waals surface area contributed by atoms with Gasteiger partial charge in [-0.2, -0.15) is 0 Å². The molecule has 1 rings (SSSR count). The predicted molar refractivity (Wildman–Crippen MR) is 61.2 cm³/mol. The summed E-state index contributed by atoms with van der Waals surface area (Å²) >= 11 is 0. The van der Waals surface area contributed by atoms with Gasteiger partial charge in [0, 0.05) is 12.0 Å². The normalized spacial score (nSPS) is 11.3. The Kier molecular flexibility index (Phi) is 4.61. The second-order valence-corrected chi connectivity index (χ2v) is 3.76. The highest BCUT2D eigenvalue weighted by molar-refractivity contribution is 5.89. The van der Waals surface area contributed by atoms with Crippen molar-refractivity contribution in [2.45, 2.75) is 32.6 Å². The molecule has 0 unspecified atom stereocenters. The molecule has 0 saturated heterocycles. The van der Waals surface area contributed by atoms with E-state index in [-0.39, 0.29) is 24.2 Å². The van der Waals surface area contributed by atoms with Crippen molar-refractivity contribution in [2.24, 2.45) is 0 Å². The summed E-state index contributed by atoms with van der Waals surface area (Å²) < 4.78 is 32.0. The second-order valence-electron chi connectivity index (χ2n) is 3.76. The number of carbonyl (C=O) groups is 1. The first kappa shape index (κ1) is 13.6. The number of ether oxygens (including phenoxy) is 1. The smallest absolute Gasteiger partial charge is 0.338 e. The molecule has 0 N–H and O–H groups in total. The molecule has 0 fully saturated rings. The van der Waals surface area contributed by atoms with Crippen LogP contribution < -0.4 is 0 Å². The zero-order chi connectivity index (χ0) is 12.9. The standard InChI is InChI=1S/C13H16F2O2/c1-3-8-13(14,15)11-7-5-6-10(9-11)12(16)17-4-2/h5-7,9H,3-4,8H2,1-2H3. The molecule has 0 heterocycles. The first-order valence-electron chi connectivity index (χ1n) is 5.66. The first-order chi connectivity index (χ1) is 8.01. The molecule has 0 aromatic heterocycles. The van der Waals surface area contributed by atoms with Crippen molar-refractivity contribution in [1.29, 1.82) is 0 Å². The largest absolute Gasteiger partial charge is 0.462 e. The van der Waals surface area contributed by atoms with E-state index in [1.54, 1.807) is 13.8 Å². The molecule has 0 aliphatic rings. The summed E-state index contributed by atoms with van der Waals surface area (Å²) in [6.45, 7) is 3.60. The predicted octanol–water partition coefficient (Wildman–Crippen LogP) is 3.76. The third-order valence-electron chi connectivity index (χ3n) is 2.36. The molecule has 0 atom stereocenters. The van der Waals surface area contributed by atoms with Crippen LogP contribution >= 0.6 is 0 Å². The van der Waals surface area contributed by atoms with Crippen molar-refractivity contribution in [3.8, 4) is 0 Å². The minimum atomic E-state index is -2.89. The van der Waals surface area contributed by atoms with E-state index >= 15 is 0 Å². The van der Waals surface area contributed by atoms with E-state index < -0.39 is 11.9 Å². The summed E-state index contributed by atoms with van der Waals surface area (Å²) in [5.41, 5.74) is 0.0324. The Morgan fingerprint density at radius 2 is 2.06 bits per heavy atom. The summed E-state index contributed by atoms with van der Waals surface area (Å²) in [5.74, 6) is -3.46. The first-order valence-corrected chi connectivity index (χ1v) is 5.66. The Labute approximate surface area is 99.6 Å². The molecule has 0 bridgehead atoms. The van der Waals surface area contributed by atoms with Crippen LogP contribution in [0.4, 0.5) is 8.78 Å². The van der Waals surface area contributed by atoms with E-state index in [0.29, 0.717) is 6.42 Å². The number of hydrogen-bond acceptors (Lipinski definition) is 2. The topological polar surface area (TPSA) is 26.3 Å². The maximum Gasteiger partial charge on any atom is 0.338 e. The lowest BCUT2D eigenvalue weighted by molar-refractivity contribution is -0.0140. The highest BCUT2D eigenvalue weighted by atomic mass is 19.3. The Balaban J connectivity index is 2.96. The zero-order valence-corrected chi connectivity index (χ0v) is 10.0. The summed E-state index contributed by atoms with van der Waals surface area (Å²) in [6.07, 6.45) is 0.163. The molecule has 94 valence electrons. The third kappa shape index (κ3) is 3.51. The molecule has 1 aromatic carbocycles.